The molecule has 0 aliphatic carbocycles. The van der Waals surface area contributed by atoms with Gasteiger partial charge in [-0.3, -0.25) is 0 Å². The van der Waals surface area contributed by atoms with Crippen molar-refractivity contribution in [2.24, 2.45) is 0 Å². The molecule has 1 unspecified atom stereocenters. The molecule has 1 rings (SSSR count). The van der Waals surface area contributed by atoms with Gasteiger partial charge < -0.3 is 10.2 Å². The van der Waals surface area contributed by atoms with E-state index in [2.05, 4.69) is 4.72 Å². The van der Waals surface area contributed by atoms with Crippen molar-refractivity contribution in [3.8, 4) is 0 Å². The zero-order chi connectivity index (χ0) is 13.8. The van der Waals surface area contributed by atoms with Crippen LogP contribution >= 0.6 is 11.3 Å². The van der Waals surface area contributed by atoms with Gasteiger partial charge >= 0.3 is 5.97 Å². The van der Waals surface area contributed by atoms with E-state index in [-0.39, 0.29) is 15.6 Å². The van der Waals surface area contributed by atoms with E-state index in [9.17, 15) is 18.3 Å². The van der Waals surface area contributed by atoms with Crippen molar-refractivity contribution in [3.63, 3.8) is 0 Å². The topological polar surface area (TPSA) is 104 Å². The highest BCUT2D eigenvalue weighted by Crippen LogP contribution is 2.21. The Kier molecular flexibility index (Phi) is 5.27. The summed E-state index contributed by atoms with van der Waals surface area (Å²) in [4.78, 5) is 10.6. The average Bonchev–Trinajstić information content (AvgIpc) is 2.78. The van der Waals surface area contributed by atoms with Crippen LogP contribution in [0.1, 0.15) is 29.4 Å². The third-order valence-electron chi connectivity index (χ3n) is 2.30. The fraction of sp³-hybridized carbons (Fsp3) is 0.500. The van der Waals surface area contributed by atoms with Crippen molar-refractivity contribution in [2.75, 3.05) is 6.54 Å². The first-order valence-corrected chi connectivity index (χ1v) is 7.67. The maximum absolute atomic E-state index is 11.8. The van der Waals surface area contributed by atoms with Gasteiger partial charge in [0.25, 0.3) is 0 Å². The van der Waals surface area contributed by atoms with E-state index < -0.39 is 22.1 Å². The first kappa shape index (κ1) is 15.1. The SMILES string of the molecule is CCC(O)CCNS(=O)(=O)c1ccc(C(=O)O)s1. The highest BCUT2D eigenvalue weighted by Gasteiger charge is 2.18. The Morgan fingerprint density at radius 1 is 1.50 bits per heavy atom. The molecule has 6 nitrogen and oxygen atoms in total. The van der Waals surface area contributed by atoms with Crippen LogP contribution in [0, 0.1) is 0 Å². The minimum atomic E-state index is -3.68. The molecule has 1 atom stereocenters. The summed E-state index contributed by atoms with van der Waals surface area (Å²) in [6.07, 6.45) is 0.349. The molecule has 0 radical (unpaired) electrons. The van der Waals surface area contributed by atoms with Crippen molar-refractivity contribution in [1.29, 1.82) is 0 Å². The number of carboxylic acid groups (broad SMARTS) is 1. The van der Waals surface area contributed by atoms with Gasteiger partial charge in [-0.15, -0.1) is 11.3 Å². The van der Waals surface area contributed by atoms with Crippen LogP contribution in [0.25, 0.3) is 0 Å². The Labute approximate surface area is 109 Å². The first-order chi connectivity index (χ1) is 8.36. The molecule has 0 aliphatic rings. The van der Waals surface area contributed by atoms with Crippen molar-refractivity contribution in [1.82, 2.24) is 4.72 Å². The summed E-state index contributed by atoms with van der Waals surface area (Å²) in [6.45, 7) is 1.93. The third kappa shape index (κ3) is 4.05. The van der Waals surface area contributed by atoms with E-state index in [1.54, 1.807) is 6.92 Å². The number of rotatable bonds is 7. The van der Waals surface area contributed by atoms with E-state index in [1.165, 1.54) is 12.1 Å². The molecular formula is C10H15NO5S2. The van der Waals surface area contributed by atoms with E-state index >= 15 is 0 Å². The van der Waals surface area contributed by atoms with Crippen LogP contribution in [0.5, 0.6) is 0 Å². The van der Waals surface area contributed by atoms with Crippen LogP contribution in [0.3, 0.4) is 0 Å². The zero-order valence-corrected chi connectivity index (χ0v) is 11.4. The van der Waals surface area contributed by atoms with Crippen molar-refractivity contribution < 1.29 is 23.4 Å². The highest BCUT2D eigenvalue weighted by molar-refractivity contribution is 7.91. The molecule has 8 heteroatoms. The van der Waals surface area contributed by atoms with Gasteiger partial charge in [0.15, 0.2) is 0 Å². The highest BCUT2D eigenvalue weighted by atomic mass is 32.2. The van der Waals surface area contributed by atoms with Gasteiger partial charge in [-0.05, 0) is 25.0 Å². The van der Waals surface area contributed by atoms with Crippen LogP contribution in [-0.4, -0.2) is 37.2 Å². The van der Waals surface area contributed by atoms with E-state index in [0.29, 0.717) is 24.2 Å². The van der Waals surface area contributed by atoms with Crippen LogP contribution < -0.4 is 4.72 Å². The summed E-state index contributed by atoms with van der Waals surface area (Å²) < 4.78 is 25.8. The quantitative estimate of drug-likeness (QED) is 0.692. The van der Waals surface area contributed by atoms with Gasteiger partial charge in [0, 0.05) is 6.54 Å². The molecule has 0 spiro atoms. The van der Waals surface area contributed by atoms with E-state index in [1.807, 2.05) is 0 Å². The Morgan fingerprint density at radius 3 is 2.67 bits per heavy atom. The predicted molar refractivity (Wildman–Crippen MR) is 67.4 cm³/mol. The van der Waals surface area contributed by atoms with E-state index in [4.69, 9.17) is 5.11 Å². The summed E-state index contributed by atoms with van der Waals surface area (Å²) in [5, 5.41) is 18.0. The number of carbonyl (C=O) groups is 1. The number of hydrogen-bond acceptors (Lipinski definition) is 5. The van der Waals surface area contributed by atoms with E-state index in [0.717, 1.165) is 0 Å². The molecule has 1 aromatic heterocycles. The molecular weight excluding hydrogens is 278 g/mol. The van der Waals surface area contributed by atoms with Crippen LogP contribution in [0.2, 0.25) is 0 Å². The van der Waals surface area contributed by atoms with Crippen molar-refractivity contribution >= 4 is 27.3 Å². The second-order valence-electron chi connectivity index (χ2n) is 3.67. The monoisotopic (exact) mass is 293 g/mol. The normalized spacial score (nSPS) is 13.4. The fourth-order valence-electron chi connectivity index (χ4n) is 1.21. The number of aliphatic hydroxyl groups excluding tert-OH is 1. The van der Waals surface area contributed by atoms with Gasteiger partial charge in [0.05, 0.1) is 6.10 Å². The molecule has 0 bridgehead atoms. The summed E-state index contributed by atoms with van der Waals surface area (Å²) in [7, 11) is -3.68. The number of hydrogen-bond donors (Lipinski definition) is 3. The number of aliphatic hydroxyl groups is 1. The lowest BCUT2D eigenvalue weighted by molar-refractivity contribution is 0.0702. The van der Waals surface area contributed by atoms with Crippen LogP contribution in [-0.2, 0) is 10.0 Å². The largest absolute Gasteiger partial charge is 0.477 e. The molecule has 0 aliphatic heterocycles. The van der Waals surface area contributed by atoms with Gasteiger partial charge in [-0.1, -0.05) is 6.92 Å². The smallest absolute Gasteiger partial charge is 0.345 e. The lowest BCUT2D eigenvalue weighted by atomic mass is 10.2. The zero-order valence-electron chi connectivity index (χ0n) is 9.79. The Morgan fingerprint density at radius 2 is 2.17 bits per heavy atom. The van der Waals surface area contributed by atoms with Gasteiger partial charge in [-0.25, -0.2) is 17.9 Å². The molecule has 18 heavy (non-hydrogen) atoms. The average molecular weight is 293 g/mol. The molecule has 0 aromatic carbocycles. The third-order valence-corrected chi connectivity index (χ3v) is 5.32. The lowest BCUT2D eigenvalue weighted by Crippen LogP contribution is -2.26. The van der Waals surface area contributed by atoms with Crippen molar-refractivity contribution in [3.05, 3.63) is 17.0 Å². The standard InChI is InChI=1S/C10H15NO5S2/c1-2-7(12)5-6-11-18(15,16)9-4-3-8(17-9)10(13)14/h3-4,7,11-12H,2,5-6H2,1H3,(H,13,14). The minimum absolute atomic E-state index is 0.0241. The Bertz CT molecular complexity index is 508. The maximum atomic E-state index is 11.8. The van der Waals surface area contributed by atoms with Crippen LogP contribution in [0.15, 0.2) is 16.3 Å². The molecule has 0 fully saturated rings. The summed E-state index contributed by atoms with van der Waals surface area (Å²) >= 11 is 0.700. The summed E-state index contributed by atoms with van der Waals surface area (Å²) in [6, 6.07) is 2.51. The van der Waals surface area contributed by atoms with Gasteiger partial charge in [-0.2, -0.15) is 0 Å². The predicted octanol–water partition coefficient (Wildman–Crippen LogP) is 0.886. The Balaban J connectivity index is 2.65. The second kappa shape index (κ2) is 6.28. The number of carboxylic acids is 1. The molecule has 1 aromatic rings. The molecule has 102 valence electrons. The fourth-order valence-corrected chi connectivity index (χ4v) is 3.45. The van der Waals surface area contributed by atoms with Crippen LogP contribution in [0.4, 0.5) is 0 Å². The number of nitrogens with one attached hydrogen (secondary N) is 1. The van der Waals surface area contributed by atoms with Gasteiger partial charge in [0.2, 0.25) is 10.0 Å². The lowest BCUT2D eigenvalue weighted by Gasteiger charge is -2.08. The Hall–Kier alpha value is -0.960. The van der Waals surface area contributed by atoms with Crippen molar-refractivity contribution in [2.45, 2.75) is 30.1 Å². The molecule has 3 N–H and O–H groups in total. The molecule has 0 saturated heterocycles. The molecule has 1 heterocycles. The second-order valence-corrected chi connectivity index (χ2v) is 6.75. The first-order valence-electron chi connectivity index (χ1n) is 5.37. The van der Waals surface area contributed by atoms with Gasteiger partial charge in [0.1, 0.15) is 9.09 Å². The maximum Gasteiger partial charge on any atom is 0.345 e. The molecule has 0 saturated carbocycles. The molecule has 0 amide bonds. The number of sulfonamides is 1. The number of aromatic carboxylic acids is 1. The minimum Gasteiger partial charge on any atom is -0.477 e. The summed E-state index contributed by atoms with van der Waals surface area (Å²) in [5.74, 6) is -1.15. The number of thiophene rings is 1. The summed E-state index contributed by atoms with van der Waals surface area (Å²) in [5.41, 5.74) is 0.